The molecule has 0 atom stereocenters. The zero-order valence-electron chi connectivity index (χ0n) is 15.7. The highest BCUT2D eigenvalue weighted by atomic mass is 14.9. The molecule has 0 unspecified atom stereocenters. The maximum atomic E-state index is 2.33. The van der Waals surface area contributed by atoms with Gasteiger partial charge in [0.2, 0.25) is 5.69 Å². The summed E-state index contributed by atoms with van der Waals surface area (Å²) in [5.74, 6) is 0. The number of nitrogens with zero attached hydrogens (tertiary/aromatic N) is 1. The molecule has 1 aliphatic rings. The van der Waals surface area contributed by atoms with Crippen LogP contribution in [-0.4, -0.2) is 0 Å². The minimum Gasteiger partial charge on any atom is -0.201 e. The molecule has 0 saturated carbocycles. The van der Waals surface area contributed by atoms with Crippen molar-refractivity contribution in [1.29, 1.82) is 0 Å². The molecule has 0 amide bonds. The quantitative estimate of drug-likeness (QED) is 0.335. The Labute approximate surface area is 154 Å². The molecule has 1 nitrogen and oxygen atoms in total. The zero-order chi connectivity index (χ0) is 18.0. The Hall–Kier alpha value is -2.93. The van der Waals surface area contributed by atoms with Gasteiger partial charge < -0.3 is 0 Å². The fourth-order valence-electron chi connectivity index (χ4n) is 4.45. The van der Waals surface area contributed by atoms with Crippen molar-refractivity contribution in [3.8, 4) is 33.5 Å². The monoisotopic (exact) mass is 336 g/mol. The van der Waals surface area contributed by atoms with Gasteiger partial charge in [-0.3, -0.25) is 0 Å². The van der Waals surface area contributed by atoms with Crippen molar-refractivity contribution in [3.63, 3.8) is 0 Å². The predicted octanol–water partition coefficient (Wildman–Crippen LogP) is 5.90. The highest BCUT2D eigenvalue weighted by Crippen LogP contribution is 2.51. The van der Waals surface area contributed by atoms with Crippen molar-refractivity contribution in [2.45, 2.75) is 20.8 Å². The zero-order valence-corrected chi connectivity index (χ0v) is 15.7. The largest absolute Gasteiger partial charge is 0.213 e. The molecule has 0 spiro atoms. The third kappa shape index (κ3) is 1.94. The normalized spacial score (nSPS) is 11.8. The van der Waals surface area contributed by atoms with Crippen LogP contribution >= 0.6 is 0 Å². The van der Waals surface area contributed by atoms with E-state index >= 15 is 0 Å². The standard InChI is InChI=1S/C25H22N/c1-15-11-12-20-19-9-5-7-18-8-6-10-21(24(18)19)25(20)23(15)22-13-16(2)17(3)14-26(22)4/h5-14H,1-4H3/q+1. The predicted molar refractivity (Wildman–Crippen MR) is 109 cm³/mol. The Balaban J connectivity index is 1.93. The number of rotatable bonds is 1. The Morgan fingerprint density at radius 2 is 1.38 bits per heavy atom. The lowest BCUT2D eigenvalue weighted by atomic mass is 9.91. The van der Waals surface area contributed by atoms with Gasteiger partial charge in [-0.25, -0.2) is 4.57 Å². The summed E-state index contributed by atoms with van der Waals surface area (Å²) in [5, 5.41) is 2.72. The molecule has 0 aliphatic heterocycles. The summed E-state index contributed by atoms with van der Waals surface area (Å²) < 4.78 is 2.27. The van der Waals surface area contributed by atoms with Crippen LogP contribution in [0.25, 0.3) is 44.3 Å². The summed E-state index contributed by atoms with van der Waals surface area (Å²) in [7, 11) is 2.16. The first-order chi connectivity index (χ1) is 12.6. The minimum atomic E-state index is 1.28. The fraction of sp³-hybridized carbons (Fsp3) is 0.160. The Bertz CT molecular complexity index is 1210. The van der Waals surface area contributed by atoms with Crippen LogP contribution in [0.1, 0.15) is 16.7 Å². The fourth-order valence-corrected chi connectivity index (χ4v) is 4.45. The van der Waals surface area contributed by atoms with Crippen molar-refractivity contribution >= 4 is 10.8 Å². The molecule has 0 fully saturated rings. The summed E-state index contributed by atoms with van der Waals surface area (Å²) in [6.07, 6.45) is 2.24. The summed E-state index contributed by atoms with van der Waals surface area (Å²) in [5.41, 5.74) is 12.1. The molecule has 0 radical (unpaired) electrons. The van der Waals surface area contributed by atoms with E-state index in [1.165, 1.54) is 61.0 Å². The van der Waals surface area contributed by atoms with Crippen molar-refractivity contribution < 1.29 is 4.57 Å². The van der Waals surface area contributed by atoms with E-state index in [1.807, 2.05) is 0 Å². The molecule has 1 heterocycles. The lowest BCUT2D eigenvalue weighted by molar-refractivity contribution is -0.660. The topological polar surface area (TPSA) is 3.88 Å². The Morgan fingerprint density at radius 1 is 0.654 bits per heavy atom. The molecule has 3 aromatic carbocycles. The number of fused-ring (bicyclic) bond motifs is 3. The number of aromatic nitrogens is 1. The summed E-state index contributed by atoms with van der Waals surface area (Å²) >= 11 is 0. The van der Waals surface area contributed by atoms with Crippen molar-refractivity contribution in [1.82, 2.24) is 0 Å². The van der Waals surface area contributed by atoms with Gasteiger partial charge in [0, 0.05) is 17.2 Å². The van der Waals surface area contributed by atoms with Gasteiger partial charge in [-0.15, -0.1) is 0 Å². The van der Waals surface area contributed by atoms with Crippen LogP contribution in [0.15, 0.2) is 60.8 Å². The molecule has 0 N–H and O–H groups in total. The van der Waals surface area contributed by atoms with E-state index in [0.29, 0.717) is 0 Å². The van der Waals surface area contributed by atoms with Crippen LogP contribution < -0.4 is 4.57 Å². The average Bonchev–Trinajstić information content (AvgIpc) is 2.95. The maximum Gasteiger partial charge on any atom is 0.213 e. The SMILES string of the molecule is Cc1cc(-c2c(C)ccc3c2-c2cccc4cccc-3c24)[n+](C)cc1C. The molecule has 26 heavy (non-hydrogen) atoms. The van der Waals surface area contributed by atoms with Crippen LogP contribution in [0.2, 0.25) is 0 Å². The Kier molecular flexibility index (Phi) is 3.12. The van der Waals surface area contributed by atoms with Crippen molar-refractivity contribution in [3.05, 3.63) is 77.5 Å². The van der Waals surface area contributed by atoms with Gasteiger partial charge in [-0.1, -0.05) is 48.5 Å². The van der Waals surface area contributed by atoms with Crippen LogP contribution in [0.3, 0.4) is 0 Å². The first-order valence-corrected chi connectivity index (χ1v) is 9.19. The molecule has 1 aromatic heterocycles. The first-order valence-electron chi connectivity index (χ1n) is 9.19. The molecule has 0 saturated heterocycles. The van der Waals surface area contributed by atoms with Crippen molar-refractivity contribution in [2.75, 3.05) is 0 Å². The molecule has 126 valence electrons. The Morgan fingerprint density at radius 3 is 2.15 bits per heavy atom. The second kappa shape index (κ2) is 5.28. The summed E-state index contributed by atoms with van der Waals surface area (Å²) in [6, 6.07) is 20.2. The molecular weight excluding hydrogens is 314 g/mol. The number of benzene rings is 3. The first kappa shape index (κ1) is 15.3. The van der Waals surface area contributed by atoms with Crippen LogP contribution in [-0.2, 0) is 7.05 Å². The van der Waals surface area contributed by atoms with Crippen LogP contribution in [0.4, 0.5) is 0 Å². The van der Waals surface area contributed by atoms with E-state index in [0.717, 1.165) is 0 Å². The number of aryl methyl sites for hydroxylation is 4. The third-order valence-corrected chi connectivity index (χ3v) is 5.88. The second-order valence-corrected chi connectivity index (χ2v) is 7.52. The maximum absolute atomic E-state index is 2.33. The molecule has 5 rings (SSSR count). The van der Waals surface area contributed by atoms with Gasteiger partial charge in [0.25, 0.3) is 0 Å². The lowest BCUT2D eigenvalue weighted by Gasteiger charge is -2.13. The van der Waals surface area contributed by atoms with E-state index in [9.17, 15) is 0 Å². The smallest absolute Gasteiger partial charge is 0.201 e. The number of hydrogen-bond acceptors (Lipinski definition) is 0. The second-order valence-electron chi connectivity index (χ2n) is 7.52. The van der Waals surface area contributed by atoms with Gasteiger partial charge in [0.05, 0.1) is 5.56 Å². The highest BCUT2D eigenvalue weighted by Gasteiger charge is 2.28. The molecule has 4 aromatic rings. The molecular formula is C25H22N+. The molecule has 1 heteroatoms. The lowest BCUT2D eigenvalue weighted by Crippen LogP contribution is -2.31. The van der Waals surface area contributed by atoms with Gasteiger partial charge >= 0.3 is 0 Å². The van der Waals surface area contributed by atoms with Crippen molar-refractivity contribution in [2.24, 2.45) is 7.05 Å². The van der Waals surface area contributed by atoms with Gasteiger partial charge in [0.1, 0.15) is 7.05 Å². The van der Waals surface area contributed by atoms with E-state index in [-0.39, 0.29) is 0 Å². The van der Waals surface area contributed by atoms with Gasteiger partial charge in [0.15, 0.2) is 6.20 Å². The minimum absolute atomic E-state index is 1.28. The van der Waals surface area contributed by atoms with E-state index in [4.69, 9.17) is 0 Å². The molecule has 0 bridgehead atoms. The third-order valence-electron chi connectivity index (χ3n) is 5.88. The average molecular weight is 336 g/mol. The number of pyridine rings is 1. The van der Waals surface area contributed by atoms with Gasteiger partial charge in [-0.05, 0) is 59.4 Å². The molecule has 1 aliphatic carbocycles. The summed E-state index contributed by atoms with van der Waals surface area (Å²) in [4.78, 5) is 0. The number of hydrogen-bond donors (Lipinski definition) is 0. The van der Waals surface area contributed by atoms with E-state index in [2.05, 4.69) is 93.2 Å². The highest BCUT2D eigenvalue weighted by molar-refractivity contribution is 6.18. The van der Waals surface area contributed by atoms with E-state index < -0.39 is 0 Å². The van der Waals surface area contributed by atoms with E-state index in [1.54, 1.807) is 0 Å². The summed E-state index contributed by atoms with van der Waals surface area (Å²) in [6.45, 7) is 6.61. The van der Waals surface area contributed by atoms with Crippen LogP contribution in [0.5, 0.6) is 0 Å². The van der Waals surface area contributed by atoms with Gasteiger partial charge in [-0.2, -0.15) is 0 Å². The van der Waals surface area contributed by atoms with Crippen LogP contribution in [0, 0.1) is 20.8 Å².